The van der Waals surface area contributed by atoms with Gasteiger partial charge in [0.05, 0.1) is 0 Å². The van der Waals surface area contributed by atoms with Crippen LogP contribution >= 0.6 is 15.9 Å². The fraction of sp³-hybridized carbons (Fsp3) is 0.625. The van der Waals surface area contributed by atoms with Gasteiger partial charge >= 0.3 is 0 Å². The average Bonchev–Trinajstić information content (AvgIpc) is 2.81. The molecule has 1 fully saturated rings. The predicted molar refractivity (Wildman–Crippen MR) is 83.2 cm³/mol. The molecular weight excluding hydrogens is 300 g/mol. The van der Waals surface area contributed by atoms with Crippen LogP contribution in [-0.2, 0) is 6.42 Å². The highest BCUT2D eigenvalue weighted by Crippen LogP contribution is 2.38. The molecule has 2 unspecified atom stereocenters. The summed E-state index contributed by atoms with van der Waals surface area (Å²) in [5, 5.41) is 0. The Balaban J connectivity index is 1.70. The molecule has 2 nitrogen and oxygen atoms in total. The quantitative estimate of drug-likeness (QED) is 0.903. The normalized spacial score (nSPS) is 26.4. The highest BCUT2D eigenvalue weighted by Gasteiger charge is 2.31. The van der Waals surface area contributed by atoms with Crippen LogP contribution in [0.15, 0.2) is 22.7 Å². The lowest BCUT2D eigenvalue weighted by Crippen LogP contribution is -2.40. The molecule has 1 aromatic carbocycles. The van der Waals surface area contributed by atoms with Crippen molar-refractivity contribution in [3.8, 4) is 0 Å². The second kappa shape index (κ2) is 5.55. The smallest absolute Gasteiger partial charge is 0.0354 e. The minimum Gasteiger partial charge on any atom is -0.328 e. The number of piperidine rings is 1. The Morgan fingerprint density at radius 2 is 2.00 bits per heavy atom. The van der Waals surface area contributed by atoms with Crippen molar-refractivity contribution in [2.75, 3.05) is 13.1 Å². The summed E-state index contributed by atoms with van der Waals surface area (Å²) in [7, 11) is 0. The van der Waals surface area contributed by atoms with Gasteiger partial charge in [-0.1, -0.05) is 22.0 Å². The van der Waals surface area contributed by atoms with E-state index in [4.69, 9.17) is 5.73 Å². The summed E-state index contributed by atoms with van der Waals surface area (Å²) in [6.45, 7) is 4.58. The number of benzene rings is 1. The third-order valence-electron chi connectivity index (χ3n) is 4.91. The van der Waals surface area contributed by atoms with E-state index in [1.165, 1.54) is 48.8 Å². The molecule has 0 spiro atoms. The number of likely N-dealkylation sites (tertiary alicyclic amines) is 1. The lowest BCUT2D eigenvalue weighted by atomic mass is 9.89. The number of fused-ring (bicyclic) bond motifs is 1. The van der Waals surface area contributed by atoms with Crippen LogP contribution in [0.5, 0.6) is 0 Å². The number of nitrogens with zero attached hydrogens (tertiary/aromatic N) is 1. The van der Waals surface area contributed by atoms with Gasteiger partial charge in [0.2, 0.25) is 0 Å². The molecule has 2 N–H and O–H groups in total. The van der Waals surface area contributed by atoms with Crippen molar-refractivity contribution in [1.82, 2.24) is 4.90 Å². The topological polar surface area (TPSA) is 29.3 Å². The Kier molecular flexibility index (Phi) is 3.97. The van der Waals surface area contributed by atoms with E-state index in [9.17, 15) is 0 Å². The first kappa shape index (κ1) is 13.6. The van der Waals surface area contributed by atoms with Crippen LogP contribution in [0.3, 0.4) is 0 Å². The Labute approximate surface area is 124 Å². The molecule has 19 heavy (non-hydrogen) atoms. The van der Waals surface area contributed by atoms with E-state index >= 15 is 0 Å². The van der Waals surface area contributed by atoms with E-state index < -0.39 is 0 Å². The van der Waals surface area contributed by atoms with Gasteiger partial charge in [-0.3, -0.25) is 4.90 Å². The molecule has 0 radical (unpaired) electrons. The third-order valence-corrected chi connectivity index (χ3v) is 5.40. The van der Waals surface area contributed by atoms with Crippen molar-refractivity contribution in [2.45, 2.75) is 44.7 Å². The van der Waals surface area contributed by atoms with Gasteiger partial charge in [-0.2, -0.15) is 0 Å². The van der Waals surface area contributed by atoms with Crippen LogP contribution in [0.2, 0.25) is 0 Å². The highest BCUT2D eigenvalue weighted by atomic mass is 79.9. The Morgan fingerprint density at radius 3 is 2.68 bits per heavy atom. The zero-order valence-corrected chi connectivity index (χ0v) is 13.2. The lowest BCUT2D eigenvalue weighted by Gasteiger charge is -2.37. The van der Waals surface area contributed by atoms with Crippen molar-refractivity contribution < 1.29 is 0 Å². The van der Waals surface area contributed by atoms with Crippen LogP contribution in [0.1, 0.15) is 43.4 Å². The summed E-state index contributed by atoms with van der Waals surface area (Å²) in [6, 6.07) is 7.80. The molecular formula is C16H23BrN2. The lowest BCUT2D eigenvalue weighted by molar-refractivity contribution is 0.124. The van der Waals surface area contributed by atoms with E-state index in [0.29, 0.717) is 12.1 Å². The first-order valence-corrected chi connectivity index (χ1v) is 8.22. The van der Waals surface area contributed by atoms with Crippen molar-refractivity contribution >= 4 is 15.9 Å². The summed E-state index contributed by atoms with van der Waals surface area (Å²) in [6.07, 6.45) is 5.04. The van der Waals surface area contributed by atoms with Crippen molar-refractivity contribution in [3.63, 3.8) is 0 Å². The van der Waals surface area contributed by atoms with Gasteiger partial charge in [-0.05, 0) is 74.9 Å². The van der Waals surface area contributed by atoms with Gasteiger partial charge in [0, 0.05) is 16.6 Å². The number of hydrogen-bond acceptors (Lipinski definition) is 2. The molecule has 3 heteroatoms. The van der Waals surface area contributed by atoms with Gasteiger partial charge < -0.3 is 5.73 Å². The van der Waals surface area contributed by atoms with E-state index in [0.717, 1.165) is 5.92 Å². The number of hydrogen-bond donors (Lipinski definition) is 1. The molecule has 0 aromatic heterocycles. The maximum atomic E-state index is 6.04. The van der Waals surface area contributed by atoms with E-state index in [2.05, 4.69) is 46.0 Å². The molecule has 0 saturated carbocycles. The summed E-state index contributed by atoms with van der Waals surface area (Å²) in [5.74, 6) is 0.724. The van der Waals surface area contributed by atoms with Crippen molar-refractivity contribution in [2.24, 2.45) is 11.7 Å². The molecule has 2 aliphatic rings. The molecule has 2 atom stereocenters. The first-order chi connectivity index (χ1) is 9.15. The van der Waals surface area contributed by atoms with E-state index in [1.807, 2.05) is 0 Å². The summed E-state index contributed by atoms with van der Waals surface area (Å²) >= 11 is 3.58. The molecule has 1 aliphatic carbocycles. The Bertz CT molecular complexity index is 450. The van der Waals surface area contributed by atoms with Gasteiger partial charge in [0.25, 0.3) is 0 Å². The van der Waals surface area contributed by atoms with Gasteiger partial charge in [0.15, 0.2) is 0 Å². The van der Waals surface area contributed by atoms with Gasteiger partial charge in [0.1, 0.15) is 0 Å². The Morgan fingerprint density at radius 1 is 1.26 bits per heavy atom. The fourth-order valence-corrected chi connectivity index (χ4v) is 4.11. The van der Waals surface area contributed by atoms with E-state index in [-0.39, 0.29) is 0 Å². The highest BCUT2D eigenvalue weighted by molar-refractivity contribution is 9.10. The molecule has 1 aromatic rings. The number of aryl methyl sites for hydroxylation is 1. The molecule has 0 bridgehead atoms. The number of nitrogens with two attached hydrogens (primary N) is 1. The van der Waals surface area contributed by atoms with Gasteiger partial charge in [-0.25, -0.2) is 0 Å². The van der Waals surface area contributed by atoms with E-state index in [1.54, 1.807) is 5.56 Å². The maximum absolute atomic E-state index is 6.04. The predicted octanol–water partition coefficient (Wildman–Crippen LogP) is 3.50. The second-order valence-electron chi connectivity index (χ2n) is 6.13. The maximum Gasteiger partial charge on any atom is 0.0354 e. The average molecular weight is 323 g/mol. The Hall–Kier alpha value is -0.380. The van der Waals surface area contributed by atoms with Crippen LogP contribution in [0.25, 0.3) is 0 Å². The minimum atomic E-state index is 0.356. The molecule has 3 rings (SSSR count). The van der Waals surface area contributed by atoms with Gasteiger partial charge in [-0.15, -0.1) is 0 Å². The molecule has 1 aliphatic heterocycles. The largest absolute Gasteiger partial charge is 0.328 e. The fourth-order valence-electron chi connectivity index (χ4n) is 3.70. The van der Waals surface area contributed by atoms with Crippen molar-refractivity contribution in [1.29, 1.82) is 0 Å². The van der Waals surface area contributed by atoms with Crippen LogP contribution < -0.4 is 5.73 Å². The van der Waals surface area contributed by atoms with Crippen LogP contribution in [0, 0.1) is 5.92 Å². The second-order valence-corrected chi connectivity index (χ2v) is 7.05. The zero-order valence-electron chi connectivity index (χ0n) is 11.6. The molecule has 1 heterocycles. The SMILES string of the molecule is CC(N)C1CCN(C2CCc3cc(Br)ccc32)CC1. The summed E-state index contributed by atoms with van der Waals surface area (Å²) < 4.78 is 1.21. The van der Waals surface area contributed by atoms with Crippen molar-refractivity contribution in [3.05, 3.63) is 33.8 Å². The number of halogens is 1. The third kappa shape index (κ3) is 2.74. The summed E-state index contributed by atoms with van der Waals surface area (Å²) in [4.78, 5) is 2.68. The minimum absolute atomic E-state index is 0.356. The monoisotopic (exact) mass is 322 g/mol. The van der Waals surface area contributed by atoms with Crippen LogP contribution in [-0.4, -0.2) is 24.0 Å². The molecule has 0 amide bonds. The molecule has 104 valence electrons. The summed E-state index contributed by atoms with van der Waals surface area (Å²) in [5.41, 5.74) is 9.13. The first-order valence-electron chi connectivity index (χ1n) is 7.43. The number of rotatable bonds is 2. The molecule has 1 saturated heterocycles. The van der Waals surface area contributed by atoms with Crippen LogP contribution in [0.4, 0.5) is 0 Å². The standard InChI is InChI=1S/C16H23BrN2/c1-11(18)12-6-8-19(9-7-12)16-5-2-13-10-14(17)3-4-15(13)16/h3-4,10-12,16H,2,5-9,18H2,1H3. The zero-order chi connectivity index (χ0) is 13.4.